The summed E-state index contributed by atoms with van der Waals surface area (Å²) in [5.74, 6) is -0.219. The Balaban J connectivity index is 2.11. The number of ether oxygens (including phenoxy) is 1. The molecule has 8 heteroatoms. The van der Waals surface area contributed by atoms with Crippen molar-refractivity contribution in [3.8, 4) is 5.75 Å². The minimum Gasteiger partial charge on any atom is -0.488 e. The molecular formula is C14H14N2O5S. The molecule has 0 aliphatic heterocycles. The minimum absolute atomic E-state index is 0.272. The molecule has 1 aromatic carbocycles. The monoisotopic (exact) mass is 322 g/mol. The highest BCUT2D eigenvalue weighted by atomic mass is 32.2. The fourth-order valence-corrected chi connectivity index (χ4v) is 2.65. The molecule has 0 spiro atoms. The molecule has 2 N–H and O–H groups in total. The molecule has 1 amide bonds. The lowest BCUT2D eigenvalue weighted by Crippen LogP contribution is -2.20. The quantitative estimate of drug-likeness (QED) is 0.809. The number of nitrogens with zero attached hydrogens (tertiary/aromatic N) is 1. The van der Waals surface area contributed by atoms with Crippen LogP contribution in [-0.4, -0.2) is 19.5 Å². The van der Waals surface area contributed by atoms with Crippen molar-refractivity contribution in [2.45, 2.75) is 12.4 Å². The number of pyridine rings is 1. The normalized spacial score (nSPS) is 10.9. The number of benzene rings is 1. The van der Waals surface area contributed by atoms with Crippen LogP contribution in [0.25, 0.3) is 0 Å². The van der Waals surface area contributed by atoms with Gasteiger partial charge in [0.2, 0.25) is 0 Å². The molecule has 0 aliphatic carbocycles. The summed E-state index contributed by atoms with van der Waals surface area (Å²) in [4.78, 5) is 14.4. The average molecular weight is 322 g/mol. The van der Waals surface area contributed by atoms with Gasteiger partial charge in [0.1, 0.15) is 18.1 Å². The fourth-order valence-electron chi connectivity index (χ4n) is 1.74. The third-order valence-corrected chi connectivity index (χ3v) is 3.72. The first-order chi connectivity index (χ1) is 10.5. The molecule has 0 fully saturated rings. The number of nitrogens with two attached hydrogens (primary N) is 1. The van der Waals surface area contributed by atoms with E-state index in [1.54, 1.807) is 0 Å². The molecule has 2 rings (SSSR count). The van der Waals surface area contributed by atoms with Crippen LogP contribution >= 0.6 is 0 Å². The van der Waals surface area contributed by atoms with Crippen LogP contribution in [0.3, 0.4) is 0 Å². The number of hydrogen-bond donors (Lipinski definition) is 1. The van der Waals surface area contributed by atoms with Gasteiger partial charge in [0, 0.05) is 18.0 Å². The van der Waals surface area contributed by atoms with Crippen molar-refractivity contribution in [2.24, 2.45) is 5.73 Å². The first kappa shape index (κ1) is 15.8. The van der Waals surface area contributed by atoms with Gasteiger partial charge in [0.25, 0.3) is 0 Å². The summed E-state index contributed by atoms with van der Waals surface area (Å²) in [5, 5.41) is 0. The molecule has 1 aromatic heterocycles. The molecule has 0 aliphatic rings. The lowest BCUT2D eigenvalue weighted by atomic mass is 10.2. The van der Waals surface area contributed by atoms with E-state index in [-0.39, 0.29) is 12.2 Å². The number of aromatic nitrogens is 1. The molecule has 2 aromatic rings. The van der Waals surface area contributed by atoms with Crippen molar-refractivity contribution in [3.63, 3.8) is 0 Å². The Kier molecular flexibility index (Phi) is 4.95. The number of amides is 1. The van der Waals surface area contributed by atoms with Crippen molar-refractivity contribution in [1.29, 1.82) is 0 Å². The Hall–Kier alpha value is -2.61. The molecule has 1 heterocycles. The maximum absolute atomic E-state index is 11.6. The molecule has 0 atom stereocenters. The van der Waals surface area contributed by atoms with Crippen molar-refractivity contribution in [3.05, 3.63) is 59.9 Å². The summed E-state index contributed by atoms with van der Waals surface area (Å²) >= 11 is 0. The lowest BCUT2D eigenvalue weighted by Gasteiger charge is -2.11. The van der Waals surface area contributed by atoms with Gasteiger partial charge in [-0.2, -0.15) is 8.42 Å². The van der Waals surface area contributed by atoms with Gasteiger partial charge in [-0.25, -0.2) is 4.79 Å². The second kappa shape index (κ2) is 6.90. The van der Waals surface area contributed by atoms with Gasteiger partial charge in [-0.15, -0.1) is 0 Å². The summed E-state index contributed by atoms with van der Waals surface area (Å²) in [6.45, 7) is 0.272. The van der Waals surface area contributed by atoms with Crippen LogP contribution in [0, 0.1) is 0 Å². The van der Waals surface area contributed by atoms with Crippen molar-refractivity contribution >= 4 is 16.2 Å². The van der Waals surface area contributed by atoms with Gasteiger partial charge in [0.15, 0.2) is 0 Å². The van der Waals surface area contributed by atoms with E-state index in [9.17, 15) is 13.2 Å². The molecule has 7 nitrogen and oxygen atoms in total. The molecule has 0 unspecified atom stereocenters. The van der Waals surface area contributed by atoms with Crippen LogP contribution in [0.1, 0.15) is 11.1 Å². The van der Waals surface area contributed by atoms with Crippen molar-refractivity contribution in [1.82, 2.24) is 4.98 Å². The van der Waals surface area contributed by atoms with Crippen LogP contribution in [-0.2, 0) is 26.7 Å². The van der Waals surface area contributed by atoms with E-state index in [0.717, 1.165) is 5.56 Å². The van der Waals surface area contributed by atoms with Gasteiger partial charge in [0.05, 0.1) is 0 Å². The van der Waals surface area contributed by atoms with E-state index >= 15 is 0 Å². The van der Waals surface area contributed by atoms with Crippen LogP contribution < -0.4 is 10.5 Å². The number of hydrogen-bond acceptors (Lipinski definition) is 6. The van der Waals surface area contributed by atoms with Gasteiger partial charge in [-0.05, 0) is 11.6 Å². The van der Waals surface area contributed by atoms with Crippen LogP contribution in [0.15, 0.2) is 48.8 Å². The van der Waals surface area contributed by atoms with E-state index in [1.807, 2.05) is 30.3 Å². The third-order valence-electron chi connectivity index (χ3n) is 2.64. The standard InChI is InChI=1S/C14H14N2O5S/c15-14(17)21-22(18,19)10-12-8-16-7-6-13(12)20-9-11-4-2-1-3-5-11/h1-8H,9-10H2,(H2,15,17). The Morgan fingerprint density at radius 2 is 1.91 bits per heavy atom. The number of rotatable bonds is 6. The molecule has 0 saturated carbocycles. The molecule has 22 heavy (non-hydrogen) atoms. The van der Waals surface area contributed by atoms with Crippen LogP contribution in [0.4, 0.5) is 4.79 Å². The Bertz CT molecular complexity index is 747. The van der Waals surface area contributed by atoms with E-state index in [2.05, 4.69) is 9.17 Å². The third kappa shape index (κ3) is 4.74. The molecule has 0 bridgehead atoms. The second-order valence-electron chi connectivity index (χ2n) is 4.36. The molecular weight excluding hydrogens is 308 g/mol. The van der Waals surface area contributed by atoms with Crippen LogP contribution in [0.5, 0.6) is 5.75 Å². The van der Waals surface area contributed by atoms with Crippen molar-refractivity contribution < 1.29 is 22.1 Å². The summed E-state index contributed by atoms with van der Waals surface area (Å²) in [6.07, 6.45) is 1.43. The molecule has 116 valence electrons. The van der Waals surface area contributed by atoms with Gasteiger partial charge >= 0.3 is 16.2 Å². The van der Waals surface area contributed by atoms with E-state index < -0.39 is 22.0 Å². The molecule has 0 radical (unpaired) electrons. The summed E-state index contributed by atoms with van der Waals surface area (Å²) in [7, 11) is -4.13. The summed E-state index contributed by atoms with van der Waals surface area (Å²) in [6, 6.07) is 10.9. The Morgan fingerprint density at radius 1 is 1.18 bits per heavy atom. The Morgan fingerprint density at radius 3 is 2.59 bits per heavy atom. The zero-order valence-electron chi connectivity index (χ0n) is 11.5. The summed E-state index contributed by atoms with van der Waals surface area (Å²) < 4.78 is 32.9. The zero-order valence-corrected chi connectivity index (χ0v) is 12.3. The number of primary amides is 1. The van der Waals surface area contributed by atoms with Gasteiger partial charge in [-0.1, -0.05) is 30.3 Å². The Labute approximate surface area is 127 Å². The number of carbonyl (C=O) groups is 1. The maximum atomic E-state index is 11.6. The largest absolute Gasteiger partial charge is 0.488 e. The first-order valence-corrected chi connectivity index (χ1v) is 7.85. The smallest absolute Gasteiger partial charge is 0.420 e. The minimum atomic E-state index is -4.13. The SMILES string of the molecule is NC(=O)OS(=O)(=O)Cc1cnccc1OCc1ccccc1. The highest BCUT2D eigenvalue weighted by Crippen LogP contribution is 2.21. The van der Waals surface area contributed by atoms with E-state index in [1.165, 1.54) is 18.5 Å². The second-order valence-corrected chi connectivity index (χ2v) is 5.93. The maximum Gasteiger partial charge on any atom is 0.420 e. The van der Waals surface area contributed by atoms with Crippen molar-refractivity contribution in [2.75, 3.05) is 0 Å². The van der Waals surface area contributed by atoms with Gasteiger partial charge < -0.3 is 14.7 Å². The first-order valence-electron chi connectivity index (χ1n) is 6.27. The fraction of sp³-hybridized carbons (Fsp3) is 0.143. The van der Waals surface area contributed by atoms with E-state index in [0.29, 0.717) is 5.75 Å². The number of carbonyl (C=O) groups excluding carboxylic acids is 1. The average Bonchev–Trinajstić information content (AvgIpc) is 2.45. The van der Waals surface area contributed by atoms with Gasteiger partial charge in [-0.3, -0.25) is 4.98 Å². The highest BCUT2D eigenvalue weighted by Gasteiger charge is 2.19. The van der Waals surface area contributed by atoms with Crippen LogP contribution in [0.2, 0.25) is 0 Å². The topological polar surface area (TPSA) is 109 Å². The lowest BCUT2D eigenvalue weighted by molar-refractivity contribution is 0.212. The summed E-state index contributed by atoms with van der Waals surface area (Å²) in [5.41, 5.74) is 5.93. The predicted molar refractivity (Wildman–Crippen MR) is 78.3 cm³/mol. The zero-order chi connectivity index (χ0) is 16.0. The molecule has 0 saturated heterocycles. The van der Waals surface area contributed by atoms with E-state index in [4.69, 9.17) is 10.5 Å². The highest BCUT2D eigenvalue weighted by molar-refractivity contribution is 7.86. The predicted octanol–water partition coefficient (Wildman–Crippen LogP) is 1.59.